The lowest BCUT2D eigenvalue weighted by atomic mass is 10.1. The summed E-state index contributed by atoms with van der Waals surface area (Å²) in [6.07, 6.45) is 4.53. The molecule has 2 rings (SSSR count). The van der Waals surface area contributed by atoms with E-state index < -0.39 is 0 Å². The van der Waals surface area contributed by atoms with Gasteiger partial charge in [-0.05, 0) is 30.2 Å². The number of furan rings is 1. The summed E-state index contributed by atoms with van der Waals surface area (Å²) in [4.78, 5) is 14.5. The third kappa shape index (κ3) is 5.65. The van der Waals surface area contributed by atoms with E-state index in [1.54, 1.807) is 23.1 Å². The SMILES string of the molecule is CCCCCN(Cc1ccc(F)cc1)C(=O)c1coc(CN)c1.Cl. The van der Waals surface area contributed by atoms with E-state index in [1.807, 2.05) is 0 Å². The predicted octanol–water partition coefficient (Wildman–Crippen LogP) is 4.13. The van der Waals surface area contributed by atoms with Crippen molar-refractivity contribution in [2.45, 2.75) is 39.3 Å². The molecular weight excluding hydrogens is 331 g/mol. The second-order valence-corrected chi connectivity index (χ2v) is 5.57. The molecule has 1 heterocycles. The predicted molar refractivity (Wildman–Crippen MR) is 94.5 cm³/mol. The Kier molecular flexibility index (Phi) is 8.50. The Labute approximate surface area is 148 Å². The minimum Gasteiger partial charge on any atom is -0.467 e. The van der Waals surface area contributed by atoms with Gasteiger partial charge < -0.3 is 15.1 Å². The smallest absolute Gasteiger partial charge is 0.257 e. The maximum absolute atomic E-state index is 13.0. The first-order chi connectivity index (χ1) is 11.1. The number of nitrogens with zero attached hydrogens (tertiary/aromatic N) is 1. The van der Waals surface area contributed by atoms with Gasteiger partial charge in [-0.15, -0.1) is 12.4 Å². The molecule has 1 amide bonds. The summed E-state index contributed by atoms with van der Waals surface area (Å²) in [6.45, 7) is 3.50. The molecular formula is C18H24ClFN2O2. The molecule has 0 atom stereocenters. The Bertz CT molecular complexity index is 628. The third-order valence-corrected chi connectivity index (χ3v) is 3.71. The molecule has 4 nitrogen and oxygen atoms in total. The number of unbranched alkanes of at least 4 members (excludes halogenated alkanes) is 2. The van der Waals surface area contributed by atoms with E-state index in [0.29, 0.717) is 24.4 Å². The van der Waals surface area contributed by atoms with Crippen LogP contribution in [0.15, 0.2) is 41.0 Å². The van der Waals surface area contributed by atoms with E-state index >= 15 is 0 Å². The van der Waals surface area contributed by atoms with Crippen molar-refractivity contribution >= 4 is 18.3 Å². The van der Waals surface area contributed by atoms with Crippen molar-refractivity contribution in [2.75, 3.05) is 6.54 Å². The molecule has 24 heavy (non-hydrogen) atoms. The Balaban J connectivity index is 0.00000288. The Morgan fingerprint density at radius 2 is 1.96 bits per heavy atom. The van der Waals surface area contributed by atoms with Gasteiger partial charge >= 0.3 is 0 Å². The highest BCUT2D eigenvalue weighted by atomic mass is 35.5. The molecule has 0 spiro atoms. The van der Waals surface area contributed by atoms with E-state index in [1.165, 1.54) is 18.4 Å². The van der Waals surface area contributed by atoms with E-state index in [4.69, 9.17) is 10.2 Å². The van der Waals surface area contributed by atoms with Gasteiger partial charge in [-0.25, -0.2) is 4.39 Å². The minimum atomic E-state index is -0.278. The minimum absolute atomic E-state index is 0. The molecule has 0 fully saturated rings. The fourth-order valence-electron chi connectivity index (χ4n) is 2.40. The van der Waals surface area contributed by atoms with Crippen LogP contribution in [-0.4, -0.2) is 17.4 Å². The van der Waals surface area contributed by atoms with Crippen LogP contribution in [0.5, 0.6) is 0 Å². The quantitative estimate of drug-likeness (QED) is 0.725. The molecule has 0 aliphatic carbocycles. The number of hydrogen-bond donors (Lipinski definition) is 1. The van der Waals surface area contributed by atoms with Crippen LogP contribution in [0.1, 0.15) is 47.9 Å². The fourth-order valence-corrected chi connectivity index (χ4v) is 2.40. The van der Waals surface area contributed by atoms with Gasteiger partial charge in [0.25, 0.3) is 5.91 Å². The van der Waals surface area contributed by atoms with Crippen LogP contribution >= 0.6 is 12.4 Å². The van der Waals surface area contributed by atoms with Crippen LogP contribution in [-0.2, 0) is 13.1 Å². The van der Waals surface area contributed by atoms with Crippen LogP contribution in [0.4, 0.5) is 4.39 Å². The molecule has 0 aliphatic rings. The Morgan fingerprint density at radius 1 is 1.25 bits per heavy atom. The molecule has 0 unspecified atom stereocenters. The largest absolute Gasteiger partial charge is 0.467 e. The normalized spacial score (nSPS) is 10.3. The number of carbonyl (C=O) groups excluding carboxylic acids is 1. The second kappa shape index (κ2) is 10.1. The van der Waals surface area contributed by atoms with Gasteiger partial charge in [-0.1, -0.05) is 31.9 Å². The fraction of sp³-hybridized carbons (Fsp3) is 0.389. The zero-order valence-electron chi connectivity index (χ0n) is 13.8. The monoisotopic (exact) mass is 354 g/mol. The van der Waals surface area contributed by atoms with Crippen molar-refractivity contribution in [3.05, 3.63) is 59.3 Å². The standard InChI is InChI=1S/C18H23FN2O2.ClH/c1-2-3-4-9-21(12-14-5-7-16(19)8-6-14)18(22)15-10-17(11-20)23-13-15;/h5-8,10,13H,2-4,9,11-12,20H2,1H3;1H. The maximum Gasteiger partial charge on any atom is 0.257 e. The van der Waals surface area contributed by atoms with Crippen LogP contribution in [0.3, 0.4) is 0 Å². The summed E-state index contributed by atoms with van der Waals surface area (Å²) in [5.41, 5.74) is 6.93. The Morgan fingerprint density at radius 3 is 2.54 bits per heavy atom. The third-order valence-electron chi connectivity index (χ3n) is 3.71. The van der Waals surface area contributed by atoms with Gasteiger partial charge in [0, 0.05) is 13.1 Å². The first kappa shape index (κ1) is 20.2. The van der Waals surface area contributed by atoms with Gasteiger partial charge in [0.05, 0.1) is 12.1 Å². The number of hydrogen-bond acceptors (Lipinski definition) is 3. The molecule has 2 aromatic rings. The summed E-state index contributed by atoms with van der Waals surface area (Å²) < 4.78 is 18.3. The summed E-state index contributed by atoms with van der Waals surface area (Å²) in [5, 5.41) is 0. The molecule has 132 valence electrons. The van der Waals surface area contributed by atoms with Crippen molar-refractivity contribution in [1.29, 1.82) is 0 Å². The van der Waals surface area contributed by atoms with E-state index in [0.717, 1.165) is 24.8 Å². The van der Waals surface area contributed by atoms with Crippen LogP contribution in [0, 0.1) is 5.82 Å². The molecule has 1 aromatic heterocycles. The van der Waals surface area contributed by atoms with Gasteiger partial charge in [-0.2, -0.15) is 0 Å². The first-order valence-corrected chi connectivity index (χ1v) is 7.95. The molecule has 0 bridgehead atoms. The number of nitrogens with two attached hydrogens (primary N) is 1. The van der Waals surface area contributed by atoms with E-state index in [2.05, 4.69) is 6.92 Å². The van der Waals surface area contributed by atoms with Gasteiger partial charge in [-0.3, -0.25) is 4.79 Å². The topological polar surface area (TPSA) is 59.5 Å². The summed E-state index contributed by atoms with van der Waals surface area (Å²) in [6, 6.07) is 7.91. The molecule has 6 heteroatoms. The highest BCUT2D eigenvalue weighted by Crippen LogP contribution is 2.15. The zero-order chi connectivity index (χ0) is 16.7. The second-order valence-electron chi connectivity index (χ2n) is 5.57. The maximum atomic E-state index is 13.0. The molecule has 0 radical (unpaired) electrons. The van der Waals surface area contributed by atoms with Crippen LogP contribution in [0.2, 0.25) is 0 Å². The van der Waals surface area contributed by atoms with Crippen molar-refractivity contribution in [3.63, 3.8) is 0 Å². The molecule has 0 aliphatic heterocycles. The molecule has 2 N–H and O–H groups in total. The highest BCUT2D eigenvalue weighted by Gasteiger charge is 2.18. The lowest BCUT2D eigenvalue weighted by Gasteiger charge is -2.22. The number of benzene rings is 1. The first-order valence-electron chi connectivity index (χ1n) is 7.95. The average molecular weight is 355 g/mol. The molecule has 1 aromatic carbocycles. The van der Waals surface area contributed by atoms with Crippen molar-refractivity contribution < 1.29 is 13.6 Å². The van der Waals surface area contributed by atoms with Crippen molar-refractivity contribution in [3.8, 4) is 0 Å². The van der Waals surface area contributed by atoms with Crippen molar-refractivity contribution in [2.24, 2.45) is 5.73 Å². The lowest BCUT2D eigenvalue weighted by Crippen LogP contribution is -2.31. The number of halogens is 2. The highest BCUT2D eigenvalue weighted by molar-refractivity contribution is 5.94. The summed E-state index contributed by atoms with van der Waals surface area (Å²) in [7, 11) is 0. The van der Waals surface area contributed by atoms with Crippen molar-refractivity contribution in [1.82, 2.24) is 4.90 Å². The van der Waals surface area contributed by atoms with Crippen LogP contribution in [0.25, 0.3) is 0 Å². The van der Waals surface area contributed by atoms with Gasteiger partial charge in [0.2, 0.25) is 0 Å². The summed E-state index contributed by atoms with van der Waals surface area (Å²) in [5.74, 6) is 0.220. The number of amides is 1. The zero-order valence-corrected chi connectivity index (χ0v) is 14.7. The lowest BCUT2D eigenvalue weighted by molar-refractivity contribution is 0.0739. The van der Waals surface area contributed by atoms with Gasteiger partial charge in [0.1, 0.15) is 17.8 Å². The number of rotatable bonds is 8. The molecule has 0 saturated heterocycles. The van der Waals surface area contributed by atoms with Gasteiger partial charge in [0.15, 0.2) is 0 Å². The number of carbonyl (C=O) groups is 1. The Hall–Kier alpha value is -1.85. The summed E-state index contributed by atoms with van der Waals surface area (Å²) >= 11 is 0. The molecule has 0 saturated carbocycles. The average Bonchev–Trinajstić information content (AvgIpc) is 3.04. The van der Waals surface area contributed by atoms with E-state index in [-0.39, 0.29) is 30.7 Å². The van der Waals surface area contributed by atoms with Crippen LogP contribution < -0.4 is 5.73 Å². The van der Waals surface area contributed by atoms with E-state index in [9.17, 15) is 9.18 Å².